The molecule has 1 saturated carbocycles. The number of carbonyl (C=O) groups is 1. The molecule has 8 nitrogen and oxygen atoms in total. The number of thiazole rings is 1. The molecule has 4 aliphatic rings. The minimum absolute atomic E-state index is 0.287. The highest BCUT2D eigenvalue weighted by Crippen LogP contribution is 2.40. The number of carbonyl (C=O) groups excluding carboxylic acids is 1. The van der Waals surface area contributed by atoms with Crippen molar-refractivity contribution in [3.8, 4) is 0 Å². The van der Waals surface area contributed by atoms with Crippen molar-refractivity contribution in [2.75, 3.05) is 18.9 Å². The van der Waals surface area contributed by atoms with Gasteiger partial charge in [-0.15, -0.1) is 0 Å². The molecular weight excluding hydrogens is 412 g/mol. The molecule has 158 valence electrons. The Kier molecular flexibility index (Phi) is 4.07. The number of aliphatic imine (C=N–C) groups is 1. The van der Waals surface area contributed by atoms with Gasteiger partial charge in [-0.1, -0.05) is 11.3 Å². The molecule has 1 aromatic heterocycles. The number of nitrogen functional groups attached to an aromatic ring is 1. The molecule has 2 aromatic rings. The highest BCUT2D eigenvalue weighted by atomic mass is 32.1. The van der Waals surface area contributed by atoms with Crippen molar-refractivity contribution in [1.29, 1.82) is 0 Å². The van der Waals surface area contributed by atoms with E-state index in [2.05, 4.69) is 21.3 Å². The van der Waals surface area contributed by atoms with Gasteiger partial charge in [0.05, 0.1) is 21.6 Å². The number of hydrogen-bond acceptors (Lipinski definition) is 8. The average Bonchev–Trinajstić information content (AvgIpc) is 3.42. The molecule has 1 unspecified atom stereocenters. The predicted octanol–water partition coefficient (Wildman–Crippen LogP) is 2.21. The number of amidine groups is 1. The van der Waals surface area contributed by atoms with Crippen LogP contribution in [0.25, 0.3) is 10.2 Å². The van der Waals surface area contributed by atoms with Crippen LogP contribution >= 0.6 is 11.3 Å². The third-order valence-electron chi connectivity index (χ3n) is 6.19. The first-order chi connectivity index (χ1) is 15.1. The third-order valence-corrected chi connectivity index (χ3v) is 7.06. The number of nitrogens with two attached hydrogens (primary N) is 2. The number of aromatic nitrogens is 1. The van der Waals surface area contributed by atoms with Crippen LogP contribution in [0.15, 0.2) is 58.2 Å². The minimum Gasteiger partial charge on any atom is -0.495 e. The number of benzene rings is 1. The normalized spacial score (nSPS) is 21.0. The van der Waals surface area contributed by atoms with Gasteiger partial charge in [-0.25, -0.2) is 9.98 Å². The van der Waals surface area contributed by atoms with E-state index in [1.165, 1.54) is 16.9 Å². The van der Waals surface area contributed by atoms with Gasteiger partial charge in [-0.3, -0.25) is 4.79 Å². The number of nitrogens with zero attached hydrogens (tertiary/aromatic N) is 3. The van der Waals surface area contributed by atoms with Crippen LogP contribution in [0.2, 0.25) is 0 Å². The molecule has 3 aliphatic heterocycles. The molecule has 5 N–H and O–H groups in total. The lowest BCUT2D eigenvalue weighted by Crippen LogP contribution is -2.43. The molecule has 1 atom stereocenters. The first-order valence-electron chi connectivity index (χ1n) is 10.4. The van der Waals surface area contributed by atoms with Gasteiger partial charge in [-0.2, -0.15) is 0 Å². The van der Waals surface area contributed by atoms with Gasteiger partial charge >= 0.3 is 0 Å². The fraction of sp³-hybridized carbons (Fsp3) is 0.318. The van der Waals surface area contributed by atoms with Crippen molar-refractivity contribution in [3.63, 3.8) is 0 Å². The fourth-order valence-electron chi connectivity index (χ4n) is 4.54. The number of amides is 1. The Balaban J connectivity index is 1.40. The SMILES string of the molecule is NC(=O)C(NC1=COCC2=C3C1=CN=C(c1ccc4sc(N)nc4c1)N3CC2)C1CC1. The van der Waals surface area contributed by atoms with Gasteiger partial charge < -0.3 is 26.4 Å². The van der Waals surface area contributed by atoms with Crippen molar-refractivity contribution in [2.45, 2.75) is 25.3 Å². The van der Waals surface area contributed by atoms with E-state index in [9.17, 15) is 4.79 Å². The summed E-state index contributed by atoms with van der Waals surface area (Å²) >= 11 is 1.48. The topological polar surface area (TPSA) is 119 Å². The van der Waals surface area contributed by atoms with Crippen molar-refractivity contribution < 1.29 is 9.53 Å². The molecule has 31 heavy (non-hydrogen) atoms. The van der Waals surface area contributed by atoms with E-state index in [0.717, 1.165) is 64.4 Å². The minimum atomic E-state index is -0.393. The molecular formula is C22H22N6O2S. The summed E-state index contributed by atoms with van der Waals surface area (Å²) in [6, 6.07) is 5.75. The van der Waals surface area contributed by atoms with E-state index in [0.29, 0.717) is 11.7 Å². The van der Waals surface area contributed by atoms with Crippen LogP contribution in [0.4, 0.5) is 5.13 Å². The first kappa shape index (κ1) is 18.4. The number of fused-ring (bicyclic) bond motifs is 1. The van der Waals surface area contributed by atoms with E-state index in [4.69, 9.17) is 21.2 Å². The first-order valence-corrected chi connectivity index (χ1v) is 11.2. The molecule has 1 aliphatic carbocycles. The molecule has 4 heterocycles. The molecule has 0 saturated heterocycles. The van der Waals surface area contributed by atoms with Gasteiger partial charge in [0.2, 0.25) is 5.91 Å². The van der Waals surface area contributed by atoms with Crippen LogP contribution in [-0.2, 0) is 9.53 Å². The maximum absolute atomic E-state index is 12.0. The molecule has 6 rings (SSSR count). The Morgan fingerprint density at radius 2 is 2.23 bits per heavy atom. The van der Waals surface area contributed by atoms with E-state index in [-0.39, 0.29) is 11.8 Å². The van der Waals surface area contributed by atoms with Crippen molar-refractivity contribution in [3.05, 3.63) is 58.8 Å². The third kappa shape index (κ3) is 3.07. The molecule has 1 fully saturated rings. The Labute approximate surface area is 183 Å². The number of anilines is 1. The molecule has 0 bridgehead atoms. The number of hydrogen-bond donors (Lipinski definition) is 3. The maximum atomic E-state index is 12.0. The zero-order chi connectivity index (χ0) is 21.1. The quantitative estimate of drug-likeness (QED) is 0.664. The van der Waals surface area contributed by atoms with Crippen LogP contribution in [0.3, 0.4) is 0 Å². The lowest BCUT2D eigenvalue weighted by atomic mass is 10.0. The van der Waals surface area contributed by atoms with Crippen LogP contribution in [-0.4, -0.2) is 40.8 Å². The van der Waals surface area contributed by atoms with Gasteiger partial charge in [-0.05, 0) is 49.0 Å². The van der Waals surface area contributed by atoms with Crippen LogP contribution in [0.1, 0.15) is 24.8 Å². The molecule has 0 spiro atoms. The molecule has 1 amide bonds. The zero-order valence-electron chi connectivity index (χ0n) is 16.8. The van der Waals surface area contributed by atoms with Gasteiger partial charge in [0.25, 0.3) is 0 Å². The number of nitrogens with one attached hydrogen (secondary N) is 1. The summed E-state index contributed by atoms with van der Waals surface area (Å²) in [5, 5.41) is 3.91. The average molecular weight is 435 g/mol. The number of ether oxygens (including phenoxy) is 1. The Hall–Kier alpha value is -3.33. The van der Waals surface area contributed by atoms with Crippen LogP contribution < -0.4 is 16.8 Å². The summed E-state index contributed by atoms with van der Waals surface area (Å²) in [4.78, 5) is 23.5. The molecule has 1 aromatic carbocycles. The summed E-state index contributed by atoms with van der Waals surface area (Å²) in [6.45, 7) is 1.35. The summed E-state index contributed by atoms with van der Waals surface area (Å²) < 4.78 is 6.90. The molecule has 0 radical (unpaired) electrons. The van der Waals surface area contributed by atoms with E-state index >= 15 is 0 Å². The highest BCUT2D eigenvalue weighted by molar-refractivity contribution is 7.22. The highest BCUT2D eigenvalue weighted by Gasteiger charge is 2.39. The van der Waals surface area contributed by atoms with E-state index in [1.807, 2.05) is 18.3 Å². The summed E-state index contributed by atoms with van der Waals surface area (Å²) in [6.07, 6.45) is 6.50. The summed E-state index contributed by atoms with van der Waals surface area (Å²) in [5.74, 6) is 0.842. The van der Waals surface area contributed by atoms with Crippen LogP contribution in [0.5, 0.6) is 0 Å². The van der Waals surface area contributed by atoms with Crippen LogP contribution in [0, 0.1) is 5.92 Å². The van der Waals surface area contributed by atoms with E-state index < -0.39 is 6.04 Å². The van der Waals surface area contributed by atoms with Crippen molar-refractivity contribution in [2.24, 2.45) is 16.6 Å². The standard InChI is InChI=1S/C22H22N6O2S/c23-20(29)18(11-1-2-11)26-16-10-30-9-13-5-6-28-19(13)14(16)8-25-21(28)12-3-4-17-15(7-12)27-22(24)31-17/h3-4,7-8,10-11,18,26H,1-2,5-6,9H2,(H2,23,29)(H2,24,27). The Morgan fingerprint density at radius 1 is 1.35 bits per heavy atom. The second kappa shape index (κ2) is 6.84. The van der Waals surface area contributed by atoms with Gasteiger partial charge in [0, 0.05) is 23.9 Å². The maximum Gasteiger partial charge on any atom is 0.240 e. The Bertz CT molecular complexity index is 1240. The zero-order valence-corrected chi connectivity index (χ0v) is 17.6. The Morgan fingerprint density at radius 3 is 3.03 bits per heavy atom. The predicted molar refractivity (Wildman–Crippen MR) is 120 cm³/mol. The largest absolute Gasteiger partial charge is 0.495 e. The second-order valence-electron chi connectivity index (χ2n) is 8.29. The van der Waals surface area contributed by atoms with Crippen molar-refractivity contribution in [1.82, 2.24) is 15.2 Å². The van der Waals surface area contributed by atoms with Crippen molar-refractivity contribution >= 4 is 38.4 Å². The monoisotopic (exact) mass is 434 g/mol. The van der Waals surface area contributed by atoms with E-state index in [1.54, 1.807) is 6.26 Å². The lowest BCUT2D eigenvalue weighted by Gasteiger charge is -2.30. The smallest absolute Gasteiger partial charge is 0.240 e. The summed E-state index contributed by atoms with van der Waals surface area (Å²) in [5.41, 5.74) is 17.5. The second-order valence-corrected chi connectivity index (χ2v) is 9.35. The fourth-order valence-corrected chi connectivity index (χ4v) is 5.26. The van der Waals surface area contributed by atoms with Gasteiger partial charge in [0.1, 0.15) is 24.7 Å². The lowest BCUT2D eigenvalue weighted by molar-refractivity contribution is -0.120. The molecule has 9 heteroatoms. The van der Waals surface area contributed by atoms with Gasteiger partial charge in [0.15, 0.2) is 5.13 Å². The summed E-state index contributed by atoms with van der Waals surface area (Å²) in [7, 11) is 0. The number of rotatable bonds is 5. The number of primary amides is 1.